The van der Waals surface area contributed by atoms with Crippen molar-refractivity contribution < 1.29 is 0 Å². The summed E-state index contributed by atoms with van der Waals surface area (Å²) < 4.78 is 4.45. The normalized spacial score (nSPS) is 11.2. The molecule has 3 rings (SSSR count). The Hall–Kier alpha value is -2.63. The van der Waals surface area contributed by atoms with Crippen LogP contribution in [0.15, 0.2) is 39.9 Å². The SMILES string of the molecule is Cc1nc2c(=O)n(Cc3ccccc3)c(=O)n(C)c2n1C. The van der Waals surface area contributed by atoms with Crippen molar-refractivity contribution in [1.82, 2.24) is 18.7 Å². The van der Waals surface area contributed by atoms with Crippen LogP contribution in [0.25, 0.3) is 11.2 Å². The summed E-state index contributed by atoms with van der Waals surface area (Å²) >= 11 is 0. The molecule has 0 amide bonds. The molecule has 2 aromatic heterocycles. The predicted octanol–water partition coefficient (Wildman–Crippen LogP) is 0.790. The Balaban J connectivity index is 2.30. The molecule has 0 aliphatic carbocycles. The summed E-state index contributed by atoms with van der Waals surface area (Å²) in [6.45, 7) is 2.06. The van der Waals surface area contributed by atoms with Gasteiger partial charge < -0.3 is 4.57 Å². The highest BCUT2D eigenvalue weighted by molar-refractivity contribution is 5.70. The largest absolute Gasteiger partial charge is 0.332 e. The second kappa shape index (κ2) is 4.73. The average Bonchev–Trinajstić information content (AvgIpc) is 2.79. The second-order valence-corrected chi connectivity index (χ2v) is 5.11. The molecule has 0 unspecified atom stereocenters. The van der Waals surface area contributed by atoms with Crippen molar-refractivity contribution in [3.63, 3.8) is 0 Å². The molecule has 3 aromatic rings. The highest BCUT2D eigenvalue weighted by Crippen LogP contribution is 2.08. The number of benzene rings is 1. The molecule has 0 aliphatic heterocycles. The summed E-state index contributed by atoms with van der Waals surface area (Å²) in [5.41, 5.74) is 1.10. The average molecular weight is 284 g/mol. The van der Waals surface area contributed by atoms with Gasteiger partial charge in [0, 0.05) is 14.1 Å². The van der Waals surface area contributed by atoms with E-state index >= 15 is 0 Å². The quantitative estimate of drug-likeness (QED) is 0.699. The molecule has 6 heteroatoms. The molecule has 0 spiro atoms. The van der Waals surface area contributed by atoms with Crippen LogP contribution in [0.3, 0.4) is 0 Å². The van der Waals surface area contributed by atoms with Crippen LogP contribution in [0.2, 0.25) is 0 Å². The molecular weight excluding hydrogens is 268 g/mol. The Kier molecular flexibility index (Phi) is 3.01. The van der Waals surface area contributed by atoms with E-state index in [1.807, 2.05) is 37.3 Å². The van der Waals surface area contributed by atoms with Gasteiger partial charge in [0.15, 0.2) is 5.52 Å². The molecular formula is C15H16N4O2. The van der Waals surface area contributed by atoms with Gasteiger partial charge in [-0.15, -0.1) is 0 Å². The first-order valence-electron chi connectivity index (χ1n) is 6.67. The van der Waals surface area contributed by atoms with Crippen molar-refractivity contribution in [3.8, 4) is 0 Å². The third-order valence-electron chi connectivity index (χ3n) is 3.76. The Bertz CT molecular complexity index is 932. The molecule has 6 nitrogen and oxygen atoms in total. The van der Waals surface area contributed by atoms with Crippen LogP contribution in [-0.4, -0.2) is 18.7 Å². The molecule has 0 N–H and O–H groups in total. The molecule has 0 aliphatic rings. The molecule has 108 valence electrons. The van der Waals surface area contributed by atoms with Crippen molar-refractivity contribution in [2.45, 2.75) is 13.5 Å². The zero-order valence-electron chi connectivity index (χ0n) is 12.2. The van der Waals surface area contributed by atoms with Gasteiger partial charge in [-0.3, -0.25) is 13.9 Å². The molecule has 0 bridgehead atoms. The molecule has 1 aromatic carbocycles. The lowest BCUT2D eigenvalue weighted by atomic mass is 10.2. The monoisotopic (exact) mass is 284 g/mol. The van der Waals surface area contributed by atoms with Crippen LogP contribution in [0.4, 0.5) is 0 Å². The third-order valence-corrected chi connectivity index (χ3v) is 3.76. The van der Waals surface area contributed by atoms with E-state index in [4.69, 9.17) is 0 Å². The van der Waals surface area contributed by atoms with E-state index in [1.165, 1.54) is 9.13 Å². The number of fused-ring (bicyclic) bond motifs is 1. The van der Waals surface area contributed by atoms with Crippen LogP contribution < -0.4 is 11.2 Å². The summed E-state index contributed by atoms with van der Waals surface area (Å²) in [6.07, 6.45) is 0. The minimum atomic E-state index is -0.347. The van der Waals surface area contributed by atoms with E-state index in [0.29, 0.717) is 17.0 Å². The lowest BCUT2D eigenvalue weighted by Crippen LogP contribution is -2.39. The van der Waals surface area contributed by atoms with Crippen molar-refractivity contribution in [1.29, 1.82) is 0 Å². The molecule has 0 radical (unpaired) electrons. The van der Waals surface area contributed by atoms with Gasteiger partial charge in [0.25, 0.3) is 5.56 Å². The molecule has 21 heavy (non-hydrogen) atoms. The van der Waals surface area contributed by atoms with Crippen molar-refractivity contribution in [2.75, 3.05) is 0 Å². The van der Waals surface area contributed by atoms with Gasteiger partial charge in [0.05, 0.1) is 6.54 Å². The lowest BCUT2D eigenvalue weighted by Gasteiger charge is -2.09. The number of hydrogen-bond acceptors (Lipinski definition) is 3. The first-order valence-corrected chi connectivity index (χ1v) is 6.67. The number of nitrogens with zero attached hydrogens (tertiary/aromatic N) is 4. The van der Waals surface area contributed by atoms with E-state index in [0.717, 1.165) is 5.56 Å². The zero-order valence-corrected chi connectivity index (χ0v) is 12.2. The highest BCUT2D eigenvalue weighted by atomic mass is 16.2. The van der Waals surface area contributed by atoms with Crippen molar-refractivity contribution in [3.05, 3.63) is 62.6 Å². The zero-order chi connectivity index (χ0) is 15.1. The fourth-order valence-corrected chi connectivity index (χ4v) is 2.52. The second-order valence-electron chi connectivity index (χ2n) is 5.11. The van der Waals surface area contributed by atoms with Crippen molar-refractivity contribution >= 4 is 11.2 Å². The fraction of sp³-hybridized carbons (Fsp3) is 0.267. The lowest BCUT2D eigenvalue weighted by molar-refractivity contribution is 0.651. The minimum Gasteiger partial charge on any atom is -0.317 e. The first kappa shape index (κ1) is 13.4. The fourth-order valence-electron chi connectivity index (χ4n) is 2.52. The van der Waals surface area contributed by atoms with Crippen molar-refractivity contribution in [2.24, 2.45) is 14.1 Å². The topological polar surface area (TPSA) is 61.8 Å². The molecule has 2 heterocycles. The van der Waals surface area contributed by atoms with Gasteiger partial charge in [-0.05, 0) is 12.5 Å². The maximum atomic E-state index is 12.5. The van der Waals surface area contributed by atoms with Gasteiger partial charge in [-0.2, -0.15) is 0 Å². The number of imidazole rings is 1. The Morgan fingerprint density at radius 3 is 2.38 bits per heavy atom. The number of aromatic nitrogens is 4. The van der Waals surface area contributed by atoms with Gasteiger partial charge >= 0.3 is 5.69 Å². The maximum Gasteiger partial charge on any atom is 0.332 e. The Morgan fingerprint density at radius 2 is 1.71 bits per heavy atom. The van der Waals surface area contributed by atoms with Gasteiger partial charge in [0.2, 0.25) is 0 Å². The molecule has 0 saturated heterocycles. The van der Waals surface area contributed by atoms with Gasteiger partial charge in [-0.25, -0.2) is 9.78 Å². The summed E-state index contributed by atoms with van der Waals surface area (Å²) in [5, 5.41) is 0. The molecule has 0 fully saturated rings. The van der Waals surface area contributed by atoms with E-state index in [9.17, 15) is 9.59 Å². The summed E-state index contributed by atoms with van der Waals surface area (Å²) in [6, 6.07) is 9.44. The van der Waals surface area contributed by atoms with Crippen LogP contribution >= 0.6 is 0 Å². The number of aryl methyl sites for hydroxylation is 3. The van der Waals surface area contributed by atoms with Crippen LogP contribution in [0.1, 0.15) is 11.4 Å². The third kappa shape index (κ3) is 1.99. The van der Waals surface area contributed by atoms with E-state index < -0.39 is 0 Å². The Morgan fingerprint density at radius 1 is 1.05 bits per heavy atom. The standard InChI is InChI=1S/C15H16N4O2/c1-10-16-12-13(17(10)2)18(3)15(21)19(14(12)20)9-11-7-5-4-6-8-11/h4-8H,9H2,1-3H3. The van der Waals surface area contributed by atoms with Crippen LogP contribution in [-0.2, 0) is 20.6 Å². The minimum absolute atomic E-state index is 0.248. The van der Waals surface area contributed by atoms with Gasteiger partial charge in [0.1, 0.15) is 11.5 Å². The van der Waals surface area contributed by atoms with E-state index in [1.54, 1.807) is 18.7 Å². The molecule has 0 saturated carbocycles. The van der Waals surface area contributed by atoms with Crippen LogP contribution in [0, 0.1) is 6.92 Å². The van der Waals surface area contributed by atoms with Crippen LogP contribution in [0.5, 0.6) is 0 Å². The smallest absolute Gasteiger partial charge is 0.317 e. The molecule has 0 atom stereocenters. The number of rotatable bonds is 2. The predicted molar refractivity (Wildman–Crippen MR) is 80.5 cm³/mol. The summed E-state index contributed by atoms with van der Waals surface area (Å²) in [5.74, 6) is 0.703. The Labute approximate surface area is 120 Å². The highest BCUT2D eigenvalue weighted by Gasteiger charge is 2.16. The summed E-state index contributed by atoms with van der Waals surface area (Å²) in [7, 11) is 3.46. The first-order chi connectivity index (χ1) is 10.0. The van der Waals surface area contributed by atoms with Gasteiger partial charge in [-0.1, -0.05) is 30.3 Å². The maximum absolute atomic E-state index is 12.5. The number of hydrogen-bond donors (Lipinski definition) is 0. The summed E-state index contributed by atoms with van der Waals surface area (Å²) in [4.78, 5) is 29.3. The van der Waals surface area contributed by atoms with E-state index in [-0.39, 0.29) is 17.8 Å². The van der Waals surface area contributed by atoms with E-state index in [2.05, 4.69) is 4.98 Å².